The van der Waals surface area contributed by atoms with Gasteiger partial charge in [-0.05, 0) is 28.4 Å². The van der Waals surface area contributed by atoms with E-state index in [1.807, 2.05) is 24.4 Å². The highest BCUT2D eigenvalue weighted by molar-refractivity contribution is 6.22. The van der Waals surface area contributed by atoms with E-state index in [1.165, 1.54) is 0 Å². The summed E-state index contributed by atoms with van der Waals surface area (Å²) in [5.74, 6) is -0.862. The van der Waals surface area contributed by atoms with Gasteiger partial charge in [0.15, 0.2) is 0 Å². The Hall–Kier alpha value is -1.79. The van der Waals surface area contributed by atoms with Crippen LogP contribution in [0, 0.1) is 10.8 Å². The van der Waals surface area contributed by atoms with Crippen molar-refractivity contribution in [3.8, 4) is 0 Å². The molecule has 0 fully saturated rings. The van der Waals surface area contributed by atoms with Gasteiger partial charge in [0.05, 0.1) is 24.1 Å². The molecule has 0 saturated carbocycles. The third kappa shape index (κ3) is 6.88. The van der Waals surface area contributed by atoms with Crippen LogP contribution in [0.3, 0.4) is 0 Å². The molecule has 1 aliphatic heterocycles. The van der Waals surface area contributed by atoms with Crippen molar-refractivity contribution in [1.29, 1.82) is 0 Å². The number of nitrogens with one attached hydrogen (secondary N) is 1. The third-order valence-corrected chi connectivity index (χ3v) is 5.35. The maximum Gasteiger partial charge on any atom is 0.322 e. The zero-order chi connectivity index (χ0) is 22.7. The Morgan fingerprint density at radius 3 is 2.47 bits per heavy atom. The molecule has 0 saturated heterocycles. The van der Waals surface area contributed by atoms with E-state index in [0.717, 1.165) is 11.1 Å². The van der Waals surface area contributed by atoms with Crippen molar-refractivity contribution in [2.45, 2.75) is 71.9 Å². The number of urea groups is 1. The van der Waals surface area contributed by atoms with Gasteiger partial charge in [0.2, 0.25) is 0 Å². The largest absolute Gasteiger partial charge is 0.481 e. The lowest BCUT2D eigenvalue weighted by atomic mass is 9.78. The van der Waals surface area contributed by atoms with E-state index >= 15 is 0 Å². The first-order valence-electron chi connectivity index (χ1n) is 10.4. The molecule has 1 heterocycles. The number of amides is 2. The summed E-state index contributed by atoms with van der Waals surface area (Å²) in [4.78, 5) is 25.0. The molecule has 3 atom stereocenters. The van der Waals surface area contributed by atoms with Gasteiger partial charge in [0.25, 0.3) is 0 Å². The molecule has 0 bridgehead atoms. The lowest BCUT2D eigenvalue weighted by Crippen LogP contribution is -2.51. The minimum absolute atomic E-state index is 0.0314. The smallest absolute Gasteiger partial charge is 0.322 e. The van der Waals surface area contributed by atoms with Gasteiger partial charge in [-0.2, -0.15) is 0 Å². The molecule has 0 aromatic rings. The zero-order valence-corrected chi connectivity index (χ0v) is 19.6. The maximum atomic E-state index is 12.7. The summed E-state index contributed by atoms with van der Waals surface area (Å²) in [5.41, 5.74) is 1.84. The van der Waals surface area contributed by atoms with E-state index in [2.05, 4.69) is 46.9 Å². The highest BCUT2D eigenvalue weighted by Gasteiger charge is 2.36. The van der Waals surface area contributed by atoms with Gasteiger partial charge in [-0.3, -0.25) is 4.79 Å². The number of hydrogen-bond acceptors (Lipinski definition) is 3. The number of carboxylic acid groups (broad SMARTS) is 1. The molecule has 7 heteroatoms. The van der Waals surface area contributed by atoms with Crippen LogP contribution in [-0.2, 0) is 9.53 Å². The number of nitrogens with zero attached hydrogens (tertiary/aromatic N) is 1. The summed E-state index contributed by atoms with van der Waals surface area (Å²) in [5, 5.41) is 11.6. The van der Waals surface area contributed by atoms with Crippen LogP contribution in [0.5, 0.6) is 0 Å². The molecule has 2 amide bonds. The Kier molecular flexibility index (Phi) is 7.80. The summed E-state index contributed by atoms with van der Waals surface area (Å²) >= 11 is 6.60. The normalized spacial score (nSPS) is 25.0. The number of hydrogen-bond donors (Lipinski definition) is 2. The van der Waals surface area contributed by atoms with Crippen LogP contribution >= 0.6 is 11.6 Å². The number of carboxylic acids is 1. The van der Waals surface area contributed by atoms with Crippen molar-refractivity contribution in [2.75, 3.05) is 13.2 Å². The molecule has 0 radical (unpaired) electrons. The van der Waals surface area contributed by atoms with Gasteiger partial charge in [0, 0.05) is 19.2 Å². The van der Waals surface area contributed by atoms with E-state index in [4.69, 9.17) is 21.4 Å². The quantitative estimate of drug-likeness (QED) is 0.564. The standard InChI is InChI=1S/C23H35ClN2O4/c1-22(2,3)14-30-18-10-9-15(12-17(18)24)20-16(23(4,5)6)13-26(21(29)25-20)11-7-8-19(27)28/h9-10,12-13,17-18,20H,7-8,11,14H2,1-6H3,(H,25,29)(H,27,28). The Bertz CT molecular complexity index is 743. The number of ether oxygens (including phenoxy) is 1. The van der Waals surface area contributed by atoms with Crippen molar-refractivity contribution in [1.82, 2.24) is 10.2 Å². The van der Waals surface area contributed by atoms with Gasteiger partial charge in [-0.25, -0.2) is 4.79 Å². The summed E-state index contributed by atoms with van der Waals surface area (Å²) in [6.45, 7) is 13.6. The first-order chi connectivity index (χ1) is 13.8. The average molecular weight is 439 g/mol. The summed E-state index contributed by atoms with van der Waals surface area (Å²) in [6, 6.07) is -0.515. The van der Waals surface area contributed by atoms with Gasteiger partial charge >= 0.3 is 12.0 Å². The molecule has 1 aliphatic carbocycles. The Morgan fingerprint density at radius 2 is 1.93 bits per heavy atom. The number of carbonyl (C=O) groups excluding carboxylic acids is 1. The van der Waals surface area contributed by atoms with Crippen molar-refractivity contribution < 1.29 is 19.4 Å². The molecule has 0 aromatic carbocycles. The second kappa shape index (κ2) is 9.56. The Morgan fingerprint density at radius 1 is 1.27 bits per heavy atom. The Labute approximate surface area is 185 Å². The minimum Gasteiger partial charge on any atom is -0.481 e. The summed E-state index contributed by atoms with van der Waals surface area (Å²) < 4.78 is 5.97. The molecule has 2 rings (SSSR count). The number of aliphatic carboxylic acids is 1. The number of carbonyl (C=O) groups is 2. The molecule has 3 unspecified atom stereocenters. The zero-order valence-electron chi connectivity index (χ0n) is 18.9. The maximum absolute atomic E-state index is 12.7. The van der Waals surface area contributed by atoms with Crippen molar-refractivity contribution in [3.05, 3.63) is 35.6 Å². The van der Waals surface area contributed by atoms with Crippen molar-refractivity contribution in [3.63, 3.8) is 0 Å². The summed E-state index contributed by atoms with van der Waals surface area (Å²) in [6.07, 6.45) is 8.00. The SMILES string of the molecule is CC(C)(C)COC1C=CC(C2NC(=O)N(CCCC(=O)O)C=C2C(C)(C)C)=CC1Cl. The molecular weight excluding hydrogens is 404 g/mol. The van der Waals surface area contributed by atoms with Crippen LogP contribution in [0.4, 0.5) is 4.79 Å². The monoisotopic (exact) mass is 438 g/mol. The second-order valence-corrected chi connectivity index (χ2v) is 10.7. The fraction of sp³-hybridized carbons (Fsp3) is 0.652. The predicted octanol–water partition coefficient (Wildman–Crippen LogP) is 4.71. The van der Waals surface area contributed by atoms with E-state index in [1.54, 1.807) is 4.90 Å². The van der Waals surface area contributed by atoms with E-state index in [0.29, 0.717) is 19.6 Å². The highest BCUT2D eigenvalue weighted by atomic mass is 35.5. The first kappa shape index (κ1) is 24.5. The van der Waals surface area contributed by atoms with Crippen LogP contribution in [0.1, 0.15) is 54.4 Å². The van der Waals surface area contributed by atoms with Crippen LogP contribution in [0.2, 0.25) is 0 Å². The van der Waals surface area contributed by atoms with Gasteiger partial charge in [-0.15, -0.1) is 11.6 Å². The van der Waals surface area contributed by atoms with Crippen LogP contribution in [-0.4, -0.2) is 52.7 Å². The topological polar surface area (TPSA) is 78.9 Å². The average Bonchev–Trinajstić information content (AvgIpc) is 2.59. The molecule has 0 aromatic heterocycles. The lowest BCUT2D eigenvalue weighted by Gasteiger charge is -2.39. The van der Waals surface area contributed by atoms with Crippen LogP contribution in [0.25, 0.3) is 0 Å². The molecule has 2 aliphatic rings. The number of halogens is 1. The second-order valence-electron chi connectivity index (χ2n) is 10.2. The van der Waals surface area contributed by atoms with E-state index in [-0.39, 0.29) is 40.8 Å². The van der Waals surface area contributed by atoms with Gasteiger partial charge < -0.3 is 20.1 Å². The third-order valence-electron chi connectivity index (χ3n) is 4.98. The summed E-state index contributed by atoms with van der Waals surface area (Å²) in [7, 11) is 0. The molecule has 30 heavy (non-hydrogen) atoms. The molecule has 168 valence electrons. The fourth-order valence-electron chi connectivity index (χ4n) is 3.37. The predicted molar refractivity (Wildman–Crippen MR) is 119 cm³/mol. The number of alkyl halides is 1. The van der Waals surface area contributed by atoms with Crippen LogP contribution in [0.15, 0.2) is 35.6 Å². The van der Waals surface area contributed by atoms with Gasteiger partial charge in [0.1, 0.15) is 0 Å². The van der Waals surface area contributed by atoms with Crippen molar-refractivity contribution in [2.24, 2.45) is 10.8 Å². The number of rotatable bonds is 7. The molecule has 6 nitrogen and oxygen atoms in total. The molecular formula is C23H35ClN2O4. The first-order valence-corrected chi connectivity index (χ1v) is 10.9. The molecule has 0 spiro atoms. The van der Waals surface area contributed by atoms with E-state index < -0.39 is 5.97 Å². The lowest BCUT2D eigenvalue weighted by molar-refractivity contribution is -0.137. The minimum atomic E-state index is -0.862. The van der Waals surface area contributed by atoms with Crippen LogP contribution < -0.4 is 5.32 Å². The Balaban J connectivity index is 2.19. The van der Waals surface area contributed by atoms with E-state index in [9.17, 15) is 9.59 Å². The highest BCUT2D eigenvalue weighted by Crippen LogP contribution is 2.35. The van der Waals surface area contributed by atoms with Crippen molar-refractivity contribution >= 4 is 23.6 Å². The fourth-order valence-corrected chi connectivity index (χ4v) is 3.68. The molecule has 2 N–H and O–H groups in total. The van der Waals surface area contributed by atoms with Gasteiger partial charge in [-0.1, -0.05) is 59.8 Å².